The highest BCUT2D eigenvalue weighted by Gasteiger charge is 1.98. The monoisotopic (exact) mass is 144 g/mol. The zero-order valence-corrected chi connectivity index (χ0v) is 6.03. The van der Waals surface area contributed by atoms with Gasteiger partial charge < -0.3 is 4.84 Å². The number of nitrogens with zero attached hydrogens (tertiary/aromatic N) is 3. The van der Waals surface area contributed by atoms with Crippen molar-refractivity contribution < 1.29 is 4.84 Å². The van der Waals surface area contributed by atoms with E-state index in [2.05, 4.69) is 14.9 Å². The lowest BCUT2D eigenvalue weighted by Gasteiger charge is -2.05. The molecule has 1 unspecified atom stereocenters. The summed E-state index contributed by atoms with van der Waals surface area (Å²) in [5.74, 6) is 5.19. The van der Waals surface area contributed by atoms with E-state index in [1.54, 1.807) is 0 Å². The second kappa shape index (κ2) is 6.35. The summed E-state index contributed by atoms with van der Waals surface area (Å²) in [5.41, 5.74) is 7.91. The van der Waals surface area contributed by atoms with Gasteiger partial charge in [-0.3, -0.25) is 0 Å². The van der Waals surface area contributed by atoms with E-state index in [9.17, 15) is 0 Å². The molecule has 0 bridgehead atoms. The van der Waals surface area contributed by atoms with Crippen LogP contribution in [0.5, 0.6) is 0 Å². The lowest BCUT2D eigenvalue weighted by Crippen LogP contribution is -2.10. The van der Waals surface area contributed by atoms with E-state index >= 15 is 0 Å². The van der Waals surface area contributed by atoms with Crippen LogP contribution in [0.1, 0.15) is 13.3 Å². The van der Waals surface area contributed by atoms with Crippen LogP contribution in [0.3, 0.4) is 0 Å². The molecule has 0 radical (unpaired) electrons. The fraction of sp³-hybridized carbons (Fsp3) is 1.00. The molecule has 2 N–H and O–H groups in total. The van der Waals surface area contributed by atoms with Crippen molar-refractivity contribution in [2.45, 2.75) is 13.3 Å². The highest BCUT2D eigenvalue weighted by molar-refractivity contribution is 4.53. The molecule has 5 heteroatoms. The quantitative estimate of drug-likeness (QED) is 0.272. The Hall–Kier alpha value is -0.770. The lowest BCUT2D eigenvalue weighted by molar-refractivity contribution is 0.105. The topological polar surface area (TPSA) is 84.0 Å². The van der Waals surface area contributed by atoms with Gasteiger partial charge in [0.2, 0.25) is 0 Å². The van der Waals surface area contributed by atoms with E-state index in [1.165, 1.54) is 0 Å². The summed E-state index contributed by atoms with van der Waals surface area (Å²) in [4.78, 5) is 7.02. The predicted octanol–water partition coefficient (Wildman–Crippen LogP) is 1.21. The van der Waals surface area contributed by atoms with E-state index in [4.69, 9.17) is 11.4 Å². The Morgan fingerprint density at radius 3 is 3.00 bits per heavy atom. The first-order valence-electron chi connectivity index (χ1n) is 3.13. The highest BCUT2D eigenvalue weighted by atomic mass is 16.6. The Kier molecular flexibility index (Phi) is 5.86. The minimum absolute atomic E-state index is 0.357. The van der Waals surface area contributed by atoms with Crippen molar-refractivity contribution >= 4 is 0 Å². The molecule has 0 aromatic heterocycles. The van der Waals surface area contributed by atoms with Gasteiger partial charge in [0.15, 0.2) is 0 Å². The van der Waals surface area contributed by atoms with Crippen LogP contribution >= 0.6 is 0 Å². The van der Waals surface area contributed by atoms with Crippen LogP contribution < -0.4 is 5.90 Å². The van der Waals surface area contributed by atoms with Crippen LogP contribution in [0, 0.1) is 5.92 Å². The van der Waals surface area contributed by atoms with Gasteiger partial charge in [0.25, 0.3) is 0 Å². The van der Waals surface area contributed by atoms with Gasteiger partial charge in [-0.15, -0.1) is 0 Å². The van der Waals surface area contributed by atoms with Crippen LogP contribution in [0.4, 0.5) is 0 Å². The molecule has 5 nitrogen and oxygen atoms in total. The lowest BCUT2D eigenvalue weighted by atomic mass is 10.1. The SMILES string of the molecule is CC(CCN=[N+]=[N-])CON. The molecule has 58 valence electrons. The van der Waals surface area contributed by atoms with E-state index in [0.29, 0.717) is 19.1 Å². The standard InChI is InChI=1S/C5H12N4O/c1-5(4-10-7)2-3-8-9-6/h5H,2-4,7H2,1H3. The van der Waals surface area contributed by atoms with Crippen LogP contribution in [0.15, 0.2) is 5.11 Å². The van der Waals surface area contributed by atoms with E-state index in [1.807, 2.05) is 6.92 Å². The second-order valence-corrected chi connectivity index (χ2v) is 2.18. The van der Waals surface area contributed by atoms with E-state index in [0.717, 1.165) is 6.42 Å². The van der Waals surface area contributed by atoms with Gasteiger partial charge in [-0.2, -0.15) is 0 Å². The molecule has 0 aromatic rings. The molecular weight excluding hydrogens is 132 g/mol. The average Bonchev–Trinajstić information content (AvgIpc) is 1.89. The highest BCUT2D eigenvalue weighted by Crippen LogP contribution is 2.00. The fourth-order valence-electron chi connectivity index (χ4n) is 0.570. The van der Waals surface area contributed by atoms with Crippen LogP contribution in [-0.2, 0) is 4.84 Å². The number of nitrogens with two attached hydrogens (primary N) is 1. The van der Waals surface area contributed by atoms with Crippen LogP contribution in [0.2, 0.25) is 0 Å². The van der Waals surface area contributed by atoms with E-state index in [-0.39, 0.29) is 0 Å². The molecule has 0 aliphatic carbocycles. The first kappa shape index (κ1) is 9.23. The third-order valence-electron chi connectivity index (χ3n) is 1.17. The first-order chi connectivity index (χ1) is 4.81. The summed E-state index contributed by atoms with van der Waals surface area (Å²) in [7, 11) is 0. The molecule has 10 heavy (non-hydrogen) atoms. The van der Waals surface area contributed by atoms with Gasteiger partial charge in [0.05, 0.1) is 6.61 Å². The average molecular weight is 144 g/mol. The number of rotatable bonds is 5. The minimum Gasteiger partial charge on any atom is -0.304 e. The maximum absolute atomic E-state index is 7.91. The van der Waals surface area contributed by atoms with Crippen LogP contribution in [0.25, 0.3) is 10.4 Å². The maximum atomic E-state index is 7.91. The largest absolute Gasteiger partial charge is 0.304 e. The van der Waals surface area contributed by atoms with Crippen molar-refractivity contribution in [1.29, 1.82) is 0 Å². The summed E-state index contributed by atoms with van der Waals surface area (Å²) in [6.07, 6.45) is 0.821. The van der Waals surface area contributed by atoms with Gasteiger partial charge in [-0.25, -0.2) is 5.90 Å². The van der Waals surface area contributed by atoms with Crippen LogP contribution in [-0.4, -0.2) is 13.2 Å². The van der Waals surface area contributed by atoms with E-state index < -0.39 is 0 Å². The Morgan fingerprint density at radius 1 is 1.80 bits per heavy atom. The van der Waals surface area contributed by atoms with Crippen molar-refractivity contribution in [2.75, 3.05) is 13.2 Å². The third-order valence-corrected chi connectivity index (χ3v) is 1.17. The Balaban J connectivity index is 3.20. The molecule has 0 aromatic carbocycles. The van der Waals surface area contributed by atoms with Crippen molar-refractivity contribution in [3.63, 3.8) is 0 Å². The number of hydrogen-bond donors (Lipinski definition) is 1. The molecule has 1 atom stereocenters. The predicted molar refractivity (Wildman–Crippen MR) is 37.9 cm³/mol. The Bertz CT molecular complexity index is 121. The summed E-state index contributed by atoms with van der Waals surface area (Å²) in [6.45, 7) is 3.02. The van der Waals surface area contributed by atoms with Crippen molar-refractivity contribution in [1.82, 2.24) is 0 Å². The molecule has 0 aliphatic heterocycles. The molecule has 0 amide bonds. The first-order valence-corrected chi connectivity index (χ1v) is 3.13. The maximum Gasteiger partial charge on any atom is 0.0704 e. The van der Waals surface area contributed by atoms with Gasteiger partial charge >= 0.3 is 0 Å². The van der Waals surface area contributed by atoms with Gasteiger partial charge in [0, 0.05) is 11.5 Å². The second-order valence-electron chi connectivity index (χ2n) is 2.18. The molecule has 0 aliphatic rings. The normalized spacial score (nSPS) is 12.2. The molecule has 0 fully saturated rings. The zero-order valence-electron chi connectivity index (χ0n) is 6.03. The molecule has 0 saturated carbocycles. The summed E-state index contributed by atoms with van der Waals surface area (Å²) in [5, 5.41) is 3.38. The zero-order chi connectivity index (χ0) is 7.82. The Morgan fingerprint density at radius 2 is 2.50 bits per heavy atom. The number of hydrogen-bond acceptors (Lipinski definition) is 3. The Labute approximate surface area is 59.7 Å². The summed E-state index contributed by atoms with van der Waals surface area (Å²) in [6, 6.07) is 0. The summed E-state index contributed by atoms with van der Waals surface area (Å²) < 4.78 is 0. The van der Waals surface area contributed by atoms with Gasteiger partial charge in [-0.05, 0) is 17.9 Å². The summed E-state index contributed by atoms with van der Waals surface area (Å²) >= 11 is 0. The van der Waals surface area contributed by atoms with Gasteiger partial charge in [-0.1, -0.05) is 12.0 Å². The molecule has 0 spiro atoms. The third kappa shape index (κ3) is 5.37. The fourth-order valence-corrected chi connectivity index (χ4v) is 0.570. The van der Waals surface area contributed by atoms with Crippen molar-refractivity contribution in [2.24, 2.45) is 16.9 Å². The smallest absolute Gasteiger partial charge is 0.0704 e. The van der Waals surface area contributed by atoms with Crippen molar-refractivity contribution in [3.05, 3.63) is 10.4 Å². The number of azide groups is 1. The van der Waals surface area contributed by atoms with Crippen molar-refractivity contribution in [3.8, 4) is 0 Å². The molecule has 0 rings (SSSR count). The van der Waals surface area contributed by atoms with Gasteiger partial charge in [0.1, 0.15) is 0 Å². The molecule has 0 heterocycles. The molecular formula is C5H12N4O. The molecule has 0 saturated heterocycles. The minimum atomic E-state index is 0.357.